The van der Waals surface area contributed by atoms with Gasteiger partial charge in [-0.05, 0) is 89.9 Å². The molecule has 0 aromatic carbocycles. The fraction of sp³-hybridized carbons (Fsp3) is 0.697. The van der Waals surface area contributed by atoms with Crippen LogP contribution in [0, 0.1) is 0 Å². The molecule has 1 N–H and O–H groups in total. The van der Waals surface area contributed by atoms with E-state index < -0.39 is 26.5 Å². The smallest absolute Gasteiger partial charge is 0.462 e. The molecule has 0 heterocycles. The molecule has 0 amide bonds. The van der Waals surface area contributed by atoms with E-state index in [1.807, 2.05) is 27.2 Å². The van der Waals surface area contributed by atoms with E-state index in [-0.39, 0.29) is 32.0 Å². The van der Waals surface area contributed by atoms with E-state index in [0.29, 0.717) is 23.9 Å². The molecule has 0 aliphatic heterocycles. The quantitative estimate of drug-likeness (QED) is 0.0211. The lowest BCUT2D eigenvalue weighted by Gasteiger charge is -2.24. The topological polar surface area (TPSA) is 108 Å². The molecule has 0 rings (SSSR count). The minimum atomic E-state index is -4.41. The molecule has 9 nitrogen and oxygen atoms in total. The maximum atomic E-state index is 12.8. The Hall–Kier alpha value is -3.33. The van der Waals surface area contributed by atoms with Gasteiger partial charge in [-0.1, -0.05) is 252 Å². The molecular weight excluding hydrogens is 966 g/mol. The second kappa shape index (κ2) is 56.4. The summed E-state index contributed by atoms with van der Waals surface area (Å²) in [6.45, 7) is 4.14. The number of rotatable bonds is 55. The second-order valence-corrected chi connectivity index (χ2v) is 22.8. The van der Waals surface area contributed by atoms with Gasteiger partial charge in [0, 0.05) is 12.8 Å². The standard InChI is InChI=1S/C66H114NO8P/c1-6-8-10-12-14-16-18-20-22-24-25-26-27-28-29-30-31-32-33-34-35-36-37-38-39-40-41-43-44-46-48-50-52-54-56-58-65(68)72-62-64(63-74-76(70,71)73-61-60-67(3,4)5)75-66(69)59-57-55-53-51-49-47-45-42-23-21-19-17-15-13-11-9-7-2/h8-11,14-17,20-23,25-26,45,47,51,53,64H,6-7,12-13,18-19,24,27-44,46,48-50,52,54-63H2,1-5H3/p+1/b10-8-,11-9-,16-14-,17-15-,22-20-,23-21-,26-25-,47-45-,53-51-. The van der Waals surface area contributed by atoms with Gasteiger partial charge in [0.2, 0.25) is 0 Å². The molecule has 0 fully saturated rings. The van der Waals surface area contributed by atoms with Crippen LogP contribution in [-0.4, -0.2) is 74.9 Å². The predicted molar refractivity (Wildman–Crippen MR) is 325 cm³/mol. The number of phosphoric acid groups is 1. The highest BCUT2D eigenvalue weighted by atomic mass is 31.2. The van der Waals surface area contributed by atoms with Crippen molar-refractivity contribution in [2.24, 2.45) is 0 Å². The number of quaternary nitrogens is 1. The van der Waals surface area contributed by atoms with Gasteiger partial charge in [0.15, 0.2) is 6.10 Å². The molecule has 10 heteroatoms. The lowest BCUT2D eigenvalue weighted by atomic mass is 10.0. The Balaban J connectivity index is 4.04. The number of likely N-dealkylation sites (N-methyl/N-ethyl adjacent to an activating group) is 1. The highest BCUT2D eigenvalue weighted by molar-refractivity contribution is 7.47. The van der Waals surface area contributed by atoms with E-state index in [4.69, 9.17) is 18.5 Å². The maximum absolute atomic E-state index is 12.8. The molecule has 0 radical (unpaired) electrons. The first-order valence-electron chi connectivity index (χ1n) is 30.6. The number of phosphoric ester groups is 1. The Morgan fingerprint density at radius 3 is 1.09 bits per heavy atom. The number of ether oxygens (including phenoxy) is 2. The first kappa shape index (κ1) is 72.7. The fourth-order valence-corrected chi connectivity index (χ4v) is 8.90. The Bertz CT molecular complexity index is 1650. The van der Waals surface area contributed by atoms with E-state index >= 15 is 0 Å². The van der Waals surface area contributed by atoms with Crippen LogP contribution in [0.5, 0.6) is 0 Å². The Morgan fingerprint density at radius 1 is 0.408 bits per heavy atom. The molecule has 76 heavy (non-hydrogen) atoms. The summed E-state index contributed by atoms with van der Waals surface area (Å²) in [5, 5.41) is 0. The van der Waals surface area contributed by atoms with Crippen molar-refractivity contribution >= 4 is 19.8 Å². The lowest BCUT2D eigenvalue weighted by Crippen LogP contribution is -2.37. The van der Waals surface area contributed by atoms with Gasteiger partial charge in [-0.3, -0.25) is 18.6 Å². The molecule has 0 aromatic rings. The summed E-state index contributed by atoms with van der Waals surface area (Å²) < 4.78 is 34.5. The van der Waals surface area contributed by atoms with Gasteiger partial charge in [-0.25, -0.2) is 4.57 Å². The molecule has 0 aliphatic carbocycles. The summed E-state index contributed by atoms with van der Waals surface area (Å²) in [6, 6.07) is 0. The first-order chi connectivity index (χ1) is 37.0. The van der Waals surface area contributed by atoms with Gasteiger partial charge in [-0.15, -0.1) is 0 Å². The molecule has 2 atom stereocenters. The normalized spacial score (nSPS) is 14.0. The first-order valence-corrected chi connectivity index (χ1v) is 32.1. The number of carbonyl (C=O) groups is 2. The van der Waals surface area contributed by atoms with Crippen LogP contribution in [0.15, 0.2) is 109 Å². The van der Waals surface area contributed by atoms with Gasteiger partial charge in [0.1, 0.15) is 19.8 Å². The van der Waals surface area contributed by atoms with Gasteiger partial charge < -0.3 is 18.9 Å². The second-order valence-electron chi connectivity index (χ2n) is 21.3. The van der Waals surface area contributed by atoms with Crippen molar-refractivity contribution in [1.82, 2.24) is 0 Å². The van der Waals surface area contributed by atoms with Crippen LogP contribution in [0.4, 0.5) is 0 Å². The SMILES string of the molecule is CC/C=C\C/C=C\C/C=C\C/C=C\C/C=C\CCCC(=O)OC(COC(=O)CCCCCCCCCCCCCCCCCCCCCCCC/C=C\C/C=C\C/C=C\C/C=C\CC)COP(=O)(O)OCC[N+](C)(C)C. The van der Waals surface area contributed by atoms with Crippen LogP contribution in [0.1, 0.15) is 245 Å². The van der Waals surface area contributed by atoms with Gasteiger partial charge in [0.25, 0.3) is 0 Å². The van der Waals surface area contributed by atoms with E-state index in [1.165, 1.54) is 128 Å². The number of unbranched alkanes of at least 4 members (excludes halogenated alkanes) is 23. The third-order valence-corrected chi connectivity index (χ3v) is 13.8. The van der Waals surface area contributed by atoms with Crippen molar-refractivity contribution in [3.8, 4) is 0 Å². The number of hydrogen-bond donors (Lipinski definition) is 1. The third kappa shape index (κ3) is 59.9. The number of hydrogen-bond acceptors (Lipinski definition) is 7. The van der Waals surface area contributed by atoms with Gasteiger partial charge in [0.05, 0.1) is 27.7 Å². The van der Waals surface area contributed by atoms with Crippen molar-refractivity contribution in [2.75, 3.05) is 47.5 Å². The van der Waals surface area contributed by atoms with Crippen molar-refractivity contribution in [3.05, 3.63) is 109 Å². The highest BCUT2D eigenvalue weighted by Gasteiger charge is 2.27. The lowest BCUT2D eigenvalue weighted by molar-refractivity contribution is -0.870. The molecule has 0 aromatic heterocycles. The van der Waals surface area contributed by atoms with Crippen molar-refractivity contribution in [2.45, 2.75) is 251 Å². The molecule has 0 saturated heterocycles. The van der Waals surface area contributed by atoms with Crippen molar-refractivity contribution in [1.29, 1.82) is 0 Å². The zero-order valence-corrected chi connectivity index (χ0v) is 50.3. The Morgan fingerprint density at radius 2 is 0.724 bits per heavy atom. The van der Waals surface area contributed by atoms with Gasteiger partial charge in [-0.2, -0.15) is 0 Å². The van der Waals surface area contributed by atoms with E-state index in [1.54, 1.807) is 0 Å². The maximum Gasteiger partial charge on any atom is 0.472 e. The summed E-state index contributed by atoms with van der Waals surface area (Å²) in [7, 11) is 1.43. The number of allylic oxidation sites excluding steroid dienone is 18. The number of esters is 2. The van der Waals surface area contributed by atoms with Crippen LogP contribution in [0.2, 0.25) is 0 Å². The van der Waals surface area contributed by atoms with Crippen molar-refractivity contribution < 1.29 is 42.1 Å². The average Bonchev–Trinajstić information content (AvgIpc) is 3.38. The molecule has 436 valence electrons. The molecule has 0 saturated carbocycles. The van der Waals surface area contributed by atoms with E-state index in [0.717, 1.165) is 77.0 Å². The zero-order chi connectivity index (χ0) is 55.6. The van der Waals surface area contributed by atoms with Crippen LogP contribution in [0.3, 0.4) is 0 Å². The summed E-state index contributed by atoms with van der Waals surface area (Å²) >= 11 is 0. The summed E-state index contributed by atoms with van der Waals surface area (Å²) in [4.78, 5) is 35.6. The molecule has 2 unspecified atom stereocenters. The molecule has 0 spiro atoms. The number of nitrogens with zero attached hydrogens (tertiary/aromatic N) is 1. The minimum absolute atomic E-state index is 0.0174. The Labute approximate surface area is 467 Å². The highest BCUT2D eigenvalue weighted by Crippen LogP contribution is 2.43. The number of carbonyl (C=O) groups excluding carboxylic acids is 2. The molecule has 0 bridgehead atoms. The van der Waals surface area contributed by atoms with Crippen LogP contribution in [0.25, 0.3) is 0 Å². The van der Waals surface area contributed by atoms with Crippen molar-refractivity contribution in [3.63, 3.8) is 0 Å². The largest absolute Gasteiger partial charge is 0.472 e. The summed E-state index contributed by atoms with van der Waals surface area (Å²) in [5.74, 6) is -0.865. The van der Waals surface area contributed by atoms with Gasteiger partial charge >= 0.3 is 19.8 Å². The summed E-state index contributed by atoms with van der Waals surface area (Å²) in [6.07, 6.45) is 79.1. The van der Waals surface area contributed by atoms with Crippen LogP contribution >= 0.6 is 7.82 Å². The third-order valence-electron chi connectivity index (χ3n) is 12.8. The minimum Gasteiger partial charge on any atom is -0.462 e. The van der Waals surface area contributed by atoms with Crippen LogP contribution in [-0.2, 0) is 32.7 Å². The van der Waals surface area contributed by atoms with E-state index in [9.17, 15) is 19.0 Å². The summed E-state index contributed by atoms with van der Waals surface area (Å²) in [5.41, 5.74) is 0. The zero-order valence-electron chi connectivity index (χ0n) is 49.5. The Kier molecular flexibility index (Phi) is 53.9. The average molecular weight is 1080 g/mol. The predicted octanol–water partition coefficient (Wildman–Crippen LogP) is 19.4. The van der Waals surface area contributed by atoms with Crippen LogP contribution < -0.4 is 0 Å². The molecule has 0 aliphatic rings. The molecular formula is C66H115NO8P+. The fourth-order valence-electron chi connectivity index (χ4n) is 8.16. The monoisotopic (exact) mass is 1080 g/mol. The van der Waals surface area contributed by atoms with E-state index in [2.05, 4.69) is 117 Å².